The fourth-order valence-electron chi connectivity index (χ4n) is 1.50. The molecule has 17 heavy (non-hydrogen) atoms. The number of hydrogen-bond donors (Lipinski definition) is 2. The van der Waals surface area contributed by atoms with Gasteiger partial charge >= 0.3 is 0 Å². The van der Waals surface area contributed by atoms with Crippen LogP contribution in [0.15, 0.2) is 17.0 Å². The Morgan fingerprint density at radius 2 is 2.12 bits per heavy atom. The van der Waals surface area contributed by atoms with E-state index >= 15 is 0 Å². The lowest BCUT2D eigenvalue weighted by molar-refractivity contribution is 0.577. The molecule has 0 saturated heterocycles. The number of hydrogen-bond acceptors (Lipinski definition) is 3. The summed E-state index contributed by atoms with van der Waals surface area (Å²) in [6.45, 7) is 2.27. The molecule has 0 unspecified atom stereocenters. The van der Waals surface area contributed by atoms with E-state index in [1.165, 1.54) is 6.07 Å². The molecule has 0 heterocycles. The van der Waals surface area contributed by atoms with Gasteiger partial charge in [0.05, 0.1) is 5.02 Å². The summed E-state index contributed by atoms with van der Waals surface area (Å²) in [7, 11) is -3.55. The van der Waals surface area contributed by atoms with E-state index in [2.05, 4.69) is 4.72 Å². The van der Waals surface area contributed by atoms with E-state index in [0.717, 1.165) is 18.4 Å². The van der Waals surface area contributed by atoms with Crippen LogP contribution in [0.1, 0.15) is 18.4 Å². The van der Waals surface area contributed by atoms with Crippen molar-refractivity contribution in [3.8, 4) is 0 Å². The number of halogens is 1. The SMILES string of the molecule is Cc1cc(Cl)c(S(=O)(=O)NCC2CC2)cc1N. The lowest BCUT2D eigenvalue weighted by Crippen LogP contribution is -2.26. The summed E-state index contributed by atoms with van der Waals surface area (Å²) in [5.74, 6) is 0.478. The zero-order valence-electron chi connectivity index (χ0n) is 9.53. The molecule has 1 aliphatic rings. The summed E-state index contributed by atoms with van der Waals surface area (Å²) in [6, 6.07) is 2.98. The highest BCUT2D eigenvalue weighted by Crippen LogP contribution is 2.30. The van der Waals surface area contributed by atoms with Gasteiger partial charge in [-0.25, -0.2) is 13.1 Å². The third kappa shape index (κ3) is 2.91. The third-order valence-corrected chi connectivity index (χ3v) is 4.76. The molecule has 1 saturated carbocycles. The normalized spacial score (nSPS) is 16.1. The molecule has 94 valence electrons. The van der Waals surface area contributed by atoms with Gasteiger partial charge < -0.3 is 5.73 Å². The van der Waals surface area contributed by atoms with Crippen LogP contribution in [-0.4, -0.2) is 15.0 Å². The molecule has 6 heteroatoms. The van der Waals surface area contributed by atoms with Crippen LogP contribution >= 0.6 is 11.6 Å². The van der Waals surface area contributed by atoms with Gasteiger partial charge in [-0.15, -0.1) is 0 Å². The van der Waals surface area contributed by atoms with E-state index in [1.54, 1.807) is 13.0 Å². The van der Waals surface area contributed by atoms with Crippen molar-refractivity contribution in [2.75, 3.05) is 12.3 Å². The summed E-state index contributed by atoms with van der Waals surface area (Å²) in [5.41, 5.74) is 6.91. The van der Waals surface area contributed by atoms with Gasteiger partial charge in [0.25, 0.3) is 0 Å². The maximum Gasteiger partial charge on any atom is 0.242 e. The number of aryl methyl sites for hydroxylation is 1. The van der Waals surface area contributed by atoms with Crippen LogP contribution < -0.4 is 10.5 Å². The number of nitrogens with two attached hydrogens (primary N) is 1. The first-order chi connectivity index (χ1) is 7.90. The average Bonchev–Trinajstić information content (AvgIpc) is 3.04. The van der Waals surface area contributed by atoms with E-state index in [9.17, 15) is 8.42 Å². The number of rotatable bonds is 4. The van der Waals surface area contributed by atoms with Gasteiger partial charge in [-0.05, 0) is 43.4 Å². The molecule has 1 aromatic carbocycles. The van der Waals surface area contributed by atoms with Crippen LogP contribution in [0, 0.1) is 12.8 Å². The summed E-state index contributed by atoms with van der Waals surface area (Å²) >= 11 is 5.94. The Morgan fingerprint density at radius 1 is 1.47 bits per heavy atom. The Labute approximate surface area is 106 Å². The van der Waals surface area contributed by atoms with E-state index < -0.39 is 10.0 Å². The van der Waals surface area contributed by atoms with E-state index in [0.29, 0.717) is 18.2 Å². The molecule has 1 aliphatic carbocycles. The van der Waals surface area contributed by atoms with Crippen LogP contribution in [0.2, 0.25) is 5.02 Å². The van der Waals surface area contributed by atoms with Gasteiger partial charge in [-0.3, -0.25) is 0 Å². The Bertz CT molecular complexity index is 539. The molecule has 0 spiro atoms. The molecule has 0 atom stereocenters. The Morgan fingerprint density at radius 3 is 2.71 bits per heavy atom. The first-order valence-electron chi connectivity index (χ1n) is 5.45. The molecule has 4 nitrogen and oxygen atoms in total. The van der Waals surface area contributed by atoms with Crippen molar-refractivity contribution in [2.24, 2.45) is 5.92 Å². The fourth-order valence-corrected chi connectivity index (χ4v) is 3.23. The number of nitrogen functional groups attached to an aromatic ring is 1. The van der Waals surface area contributed by atoms with Gasteiger partial charge in [0.1, 0.15) is 4.90 Å². The predicted octanol–water partition coefficient (Wildman–Crippen LogP) is 1.92. The standard InChI is InChI=1S/C11H15ClN2O2S/c1-7-4-9(12)11(5-10(7)13)17(15,16)14-6-8-2-3-8/h4-5,8,14H,2-3,6,13H2,1H3. The molecule has 0 aromatic heterocycles. The van der Waals surface area contributed by atoms with Crippen molar-refractivity contribution in [3.05, 3.63) is 22.7 Å². The maximum absolute atomic E-state index is 12.0. The smallest absolute Gasteiger partial charge is 0.242 e. The van der Waals surface area contributed by atoms with Crippen molar-refractivity contribution in [1.29, 1.82) is 0 Å². The van der Waals surface area contributed by atoms with Gasteiger partial charge in [0.15, 0.2) is 0 Å². The molecule has 1 fully saturated rings. The third-order valence-electron chi connectivity index (χ3n) is 2.87. The number of benzene rings is 1. The van der Waals surface area contributed by atoms with Crippen molar-refractivity contribution in [2.45, 2.75) is 24.7 Å². The monoisotopic (exact) mass is 274 g/mol. The van der Waals surface area contributed by atoms with E-state index in [4.69, 9.17) is 17.3 Å². The molecule has 3 N–H and O–H groups in total. The van der Waals surface area contributed by atoms with Crippen LogP contribution in [0.3, 0.4) is 0 Å². The van der Waals surface area contributed by atoms with Crippen LogP contribution in [0.25, 0.3) is 0 Å². The van der Waals surface area contributed by atoms with Crippen LogP contribution in [-0.2, 0) is 10.0 Å². The minimum absolute atomic E-state index is 0.0583. The van der Waals surface area contributed by atoms with Gasteiger partial charge in [-0.2, -0.15) is 0 Å². The topological polar surface area (TPSA) is 72.2 Å². The minimum Gasteiger partial charge on any atom is -0.398 e. The zero-order valence-corrected chi connectivity index (χ0v) is 11.1. The summed E-state index contributed by atoms with van der Waals surface area (Å²) in [4.78, 5) is 0.0583. The highest BCUT2D eigenvalue weighted by molar-refractivity contribution is 7.89. The largest absolute Gasteiger partial charge is 0.398 e. The van der Waals surface area contributed by atoms with Crippen molar-refractivity contribution < 1.29 is 8.42 Å². The summed E-state index contributed by atoms with van der Waals surface area (Å²) in [6.07, 6.45) is 2.18. The van der Waals surface area contributed by atoms with E-state index in [-0.39, 0.29) is 9.92 Å². The first-order valence-corrected chi connectivity index (χ1v) is 7.31. The lowest BCUT2D eigenvalue weighted by atomic mass is 10.2. The van der Waals surface area contributed by atoms with Crippen LogP contribution in [0.5, 0.6) is 0 Å². The highest BCUT2D eigenvalue weighted by atomic mass is 35.5. The van der Waals surface area contributed by atoms with Crippen LogP contribution in [0.4, 0.5) is 5.69 Å². The van der Waals surface area contributed by atoms with Gasteiger partial charge in [-0.1, -0.05) is 11.6 Å². The summed E-state index contributed by atoms with van der Waals surface area (Å²) < 4.78 is 26.6. The molecule has 0 bridgehead atoms. The van der Waals surface area contributed by atoms with Gasteiger partial charge in [0.2, 0.25) is 10.0 Å². The average molecular weight is 275 g/mol. The lowest BCUT2D eigenvalue weighted by Gasteiger charge is -2.10. The number of sulfonamides is 1. The second kappa shape index (κ2) is 4.48. The summed E-state index contributed by atoms with van der Waals surface area (Å²) in [5, 5.41) is 0.208. The molecular weight excluding hydrogens is 260 g/mol. The predicted molar refractivity (Wildman–Crippen MR) is 68.5 cm³/mol. The van der Waals surface area contributed by atoms with Crippen molar-refractivity contribution in [1.82, 2.24) is 4.72 Å². The fraction of sp³-hybridized carbons (Fsp3) is 0.455. The molecule has 1 aromatic rings. The molecular formula is C11H15ClN2O2S. The minimum atomic E-state index is -3.55. The van der Waals surface area contributed by atoms with E-state index in [1.807, 2.05) is 0 Å². The quantitative estimate of drug-likeness (QED) is 0.824. The molecule has 0 aliphatic heterocycles. The van der Waals surface area contributed by atoms with Gasteiger partial charge in [0, 0.05) is 12.2 Å². The Hall–Kier alpha value is -0.780. The van der Waals surface area contributed by atoms with Crippen molar-refractivity contribution >= 4 is 27.3 Å². The molecule has 2 rings (SSSR count). The highest BCUT2D eigenvalue weighted by Gasteiger charge is 2.25. The number of anilines is 1. The zero-order chi connectivity index (χ0) is 12.6. The first kappa shape index (κ1) is 12.7. The maximum atomic E-state index is 12.0. The Balaban J connectivity index is 2.27. The second-order valence-corrected chi connectivity index (χ2v) is 6.58. The molecule has 0 amide bonds. The molecule has 0 radical (unpaired) electrons. The van der Waals surface area contributed by atoms with Crippen molar-refractivity contribution in [3.63, 3.8) is 0 Å². The number of nitrogens with one attached hydrogen (secondary N) is 1. The Kier molecular flexibility index (Phi) is 3.34. The second-order valence-electron chi connectivity index (χ2n) is 4.43.